The normalized spacial score (nSPS) is 19.7. The minimum absolute atomic E-state index is 0.0519. The smallest absolute Gasteiger partial charge is 0.344 e. The van der Waals surface area contributed by atoms with Gasteiger partial charge in [-0.15, -0.1) is 0 Å². The van der Waals surface area contributed by atoms with Gasteiger partial charge >= 0.3 is 37.8 Å². The fourth-order valence-corrected chi connectivity index (χ4v) is 11.8. The van der Waals surface area contributed by atoms with Crippen LogP contribution in [0.2, 0.25) is 6.04 Å². The van der Waals surface area contributed by atoms with Crippen molar-refractivity contribution in [2.45, 2.75) is 78.3 Å². The summed E-state index contributed by atoms with van der Waals surface area (Å²) < 4.78 is 46.1. The van der Waals surface area contributed by atoms with Gasteiger partial charge < -0.3 is 37.3 Å². The van der Waals surface area contributed by atoms with Crippen molar-refractivity contribution in [3.05, 3.63) is 107 Å². The van der Waals surface area contributed by atoms with Crippen molar-refractivity contribution in [1.82, 2.24) is 0 Å². The predicted octanol–water partition coefficient (Wildman–Crippen LogP) is 5.20. The summed E-state index contributed by atoms with van der Waals surface area (Å²) in [6.45, 7) is 9.86. The Labute approximate surface area is 329 Å². The van der Waals surface area contributed by atoms with E-state index in [1.54, 1.807) is 18.2 Å². The summed E-state index contributed by atoms with van der Waals surface area (Å²) in [6, 6.07) is 31.3. The Bertz CT molecular complexity index is 2300. The molecule has 1 fully saturated rings. The van der Waals surface area contributed by atoms with Crippen molar-refractivity contribution >= 4 is 64.3 Å². The molecule has 1 saturated heterocycles. The molecule has 0 bridgehead atoms. The first-order valence-electron chi connectivity index (χ1n) is 18.3. The van der Waals surface area contributed by atoms with Crippen LogP contribution in [0.4, 0.5) is 0 Å². The van der Waals surface area contributed by atoms with E-state index in [1.807, 2.05) is 48.5 Å². The summed E-state index contributed by atoms with van der Waals surface area (Å²) in [7, 11) is -1.84. The second kappa shape index (κ2) is 16.6. The van der Waals surface area contributed by atoms with Crippen molar-refractivity contribution < 1.29 is 56.4 Å². The van der Waals surface area contributed by atoms with Gasteiger partial charge in [-0.2, -0.15) is 0 Å². The topological polar surface area (TPSA) is 163 Å². The van der Waals surface area contributed by atoms with Crippen LogP contribution >= 0.6 is 0 Å². The number of carbonyl (C=O) groups is 4. The Morgan fingerprint density at radius 1 is 0.667 bits per heavy atom. The maximum absolute atomic E-state index is 13.7. The first kappa shape index (κ1) is 40.7. The highest BCUT2D eigenvalue weighted by molar-refractivity contribution is 6.98. The maximum Gasteiger partial charge on any atom is 0.344 e. The number of fused-ring (bicyclic) bond motifs is 3. The Kier molecular flexibility index (Phi) is 11.9. The third kappa shape index (κ3) is 9.02. The summed E-state index contributed by atoms with van der Waals surface area (Å²) in [5.41, 5.74) is -0.458. The number of ether oxygens (including phenoxy) is 6. The Balaban J connectivity index is 1.38. The lowest BCUT2D eigenvalue weighted by Gasteiger charge is -2.43. The molecule has 57 heavy (non-hydrogen) atoms. The zero-order valence-electron chi connectivity index (χ0n) is 32.6. The molecule has 5 aromatic rings. The van der Waals surface area contributed by atoms with Crippen LogP contribution < -0.4 is 25.2 Å². The van der Waals surface area contributed by atoms with E-state index >= 15 is 0 Å². The van der Waals surface area contributed by atoms with Crippen LogP contribution in [0, 0.1) is 5.41 Å². The quantitative estimate of drug-likeness (QED) is 0.0564. The van der Waals surface area contributed by atoms with E-state index < -0.39 is 68.5 Å². The lowest BCUT2D eigenvalue weighted by molar-refractivity contribution is -0.282. The number of benzene rings is 4. The van der Waals surface area contributed by atoms with Gasteiger partial charge in [0.1, 0.15) is 17.1 Å². The molecule has 0 spiro atoms. The van der Waals surface area contributed by atoms with E-state index in [0.717, 1.165) is 44.3 Å². The molecule has 1 aliphatic rings. The second-order valence-electron chi connectivity index (χ2n) is 14.9. The van der Waals surface area contributed by atoms with Gasteiger partial charge in [-0.3, -0.25) is 14.4 Å². The van der Waals surface area contributed by atoms with Gasteiger partial charge in [0.2, 0.25) is 12.4 Å². The summed E-state index contributed by atoms with van der Waals surface area (Å²) >= 11 is 0. The molecule has 4 aromatic carbocycles. The van der Waals surface area contributed by atoms with Crippen LogP contribution in [0.25, 0.3) is 21.7 Å². The van der Waals surface area contributed by atoms with Crippen LogP contribution in [0.5, 0.6) is 11.5 Å². The third-order valence-corrected chi connectivity index (χ3v) is 14.0. The maximum atomic E-state index is 13.7. The fraction of sp³-hybridized carbons (Fsp3) is 0.326. The number of hydrogen-bond acceptors (Lipinski definition) is 13. The molecule has 0 unspecified atom stereocenters. The van der Waals surface area contributed by atoms with Crippen molar-refractivity contribution in [3.63, 3.8) is 0 Å². The molecule has 0 amide bonds. The third-order valence-electron chi connectivity index (χ3n) is 9.30. The van der Waals surface area contributed by atoms with Crippen LogP contribution in [-0.4, -0.2) is 70.0 Å². The lowest BCUT2D eigenvalue weighted by atomic mass is 9.97. The number of rotatable bonds is 11. The van der Waals surface area contributed by atoms with Gasteiger partial charge in [-0.05, 0) is 52.2 Å². The molecule has 1 aliphatic heterocycles. The van der Waals surface area contributed by atoms with E-state index in [-0.39, 0.29) is 16.6 Å². The Morgan fingerprint density at radius 2 is 1.21 bits per heavy atom. The molecular formula is C43H44O13Si. The van der Waals surface area contributed by atoms with E-state index in [9.17, 15) is 24.0 Å². The molecule has 298 valence electrons. The molecule has 1 aromatic heterocycles. The SMILES string of the molecule is COC(=O)[C@H]1O[C@@H](Oc2ccc3c(c2)c(=O)oc2cc(O[Si](CC(C)(C)C)(c4ccccc4)c4ccccc4)ccc23)[C@H](OC(C)=O)[C@@H](OC(C)=O)[C@@H]1OC(C)=O. The second-order valence-corrected chi connectivity index (χ2v) is 18.3. The zero-order chi connectivity index (χ0) is 41.1. The summed E-state index contributed by atoms with van der Waals surface area (Å²) in [5.74, 6) is -2.85. The monoisotopic (exact) mass is 796 g/mol. The van der Waals surface area contributed by atoms with Crippen molar-refractivity contribution in [3.8, 4) is 11.5 Å². The van der Waals surface area contributed by atoms with Gasteiger partial charge in [0, 0.05) is 37.6 Å². The van der Waals surface area contributed by atoms with Crippen LogP contribution in [0.3, 0.4) is 0 Å². The Morgan fingerprint density at radius 3 is 1.77 bits per heavy atom. The largest absolute Gasteiger partial charge is 0.534 e. The lowest BCUT2D eigenvalue weighted by Crippen LogP contribution is -2.64. The van der Waals surface area contributed by atoms with Crippen LogP contribution in [0.15, 0.2) is 106 Å². The highest BCUT2D eigenvalue weighted by Gasteiger charge is 2.56. The number of methoxy groups -OCH3 is 1. The number of esters is 4. The Hall–Kier alpha value is -5.99. The standard InChI is InChI=1S/C43H44O13Si/c1-25(44)50-36-37(51-26(2)45)39(52-27(3)46)42(55-38(36)41(48)49-7)53-28-18-20-32-33-21-19-29(23-35(33)54-40(47)34(32)22-28)56-57(24-43(4,5)6,30-14-10-8-11-15-30)31-16-12-9-13-17-31/h8-23,36-39,42H,24H2,1-7H3/t36-,37-,38-,39+,42+/m0/s1. The summed E-state index contributed by atoms with van der Waals surface area (Å²) in [4.78, 5) is 63.0. The van der Waals surface area contributed by atoms with Gasteiger partial charge in [0.05, 0.1) is 12.5 Å². The molecule has 5 atom stereocenters. The molecule has 0 radical (unpaired) electrons. The van der Waals surface area contributed by atoms with E-state index in [1.165, 1.54) is 6.07 Å². The van der Waals surface area contributed by atoms with Crippen LogP contribution in [0.1, 0.15) is 41.5 Å². The molecule has 14 heteroatoms. The molecule has 0 aliphatic carbocycles. The van der Waals surface area contributed by atoms with E-state index in [4.69, 9.17) is 37.3 Å². The fourth-order valence-electron chi connectivity index (χ4n) is 7.22. The predicted molar refractivity (Wildman–Crippen MR) is 211 cm³/mol. The minimum Gasteiger partial charge on any atom is -0.534 e. The molecular weight excluding hydrogens is 753 g/mol. The average Bonchev–Trinajstić information content (AvgIpc) is 3.16. The zero-order valence-corrected chi connectivity index (χ0v) is 33.6. The number of carbonyl (C=O) groups excluding carboxylic acids is 4. The van der Waals surface area contributed by atoms with Gasteiger partial charge in [0.15, 0.2) is 18.3 Å². The molecule has 2 heterocycles. The molecule has 6 rings (SSSR count). The highest BCUT2D eigenvalue weighted by atomic mass is 28.4. The van der Waals surface area contributed by atoms with E-state index in [2.05, 4.69) is 45.0 Å². The molecule has 0 saturated carbocycles. The summed E-state index contributed by atoms with van der Waals surface area (Å²) in [5, 5.41) is 3.54. The molecule has 13 nitrogen and oxygen atoms in total. The van der Waals surface area contributed by atoms with Crippen molar-refractivity contribution in [2.24, 2.45) is 5.41 Å². The first-order valence-corrected chi connectivity index (χ1v) is 20.4. The first-order chi connectivity index (χ1) is 27.1. The minimum atomic E-state index is -2.93. The molecule has 0 N–H and O–H groups in total. The number of hydrogen-bond donors (Lipinski definition) is 0. The van der Waals surface area contributed by atoms with Gasteiger partial charge in [-0.1, -0.05) is 81.4 Å². The summed E-state index contributed by atoms with van der Waals surface area (Å²) in [6.07, 6.45) is -7.89. The van der Waals surface area contributed by atoms with E-state index in [0.29, 0.717) is 22.1 Å². The van der Waals surface area contributed by atoms with Crippen molar-refractivity contribution in [2.75, 3.05) is 7.11 Å². The average molecular weight is 797 g/mol. The van der Waals surface area contributed by atoms with Crippen LogP contribution in [-0.2, 0) is 42.9 Å². The highest BCUT2D eigenvalue weighted by Crippen LogP contribution is 2.35. The van der Waals surface area contributed by atoms with Crippen molar-refractivity contribution in [1.29, 1.82) is 0 Å². The van der Waals surface area contributed by atoms with Gasteiger partial charge in [0.25, 0.3) is 0 Å². The van der Waals surface area contributed by atoms with Gasteiger partial charge in [-0.25, -0.2) is 9.59 Å².